The molecule has 0 aliphatic heterocycles. The number of hydrogen-bond donors (Lipinski definition) is 0. The van der Waals surface area contributed by atoms with E-state index in [1.807, 2.05) is 17.0 Å². The number of alkyl halides is 1. The van der Waals surface area contributed by atoms with Crippen molar-refractivity contribution in [2.24, 2.45) is 0 Å². The van der Waals surface area contributed by atoms with Crippen LogP contribution in [-0.4, -0.2) is 14.8 Å². The summed E-state index contributed by atoms with van der Waals surface area (Å²) >= 11 is 10.9. The molecule has 2 aromatic heterocycles. The van der Waals surface area contributed by atoms with Crippen molar-refractivity contribution in [1.82, 2.24) is 14.8 Å². The lowest BCUT2D eigenvalue weighted by Gasteiger charge is -2.02. The SMILES string of the molecule is Cc1nn(CCc2nc(CCl)cs2)c(C)c1Br. The standard InChI is InChI=1S/C11H13BrClN3S/c1-7-11(12)8(2)16(15-7)4-3-10-14-9(5-13)6-17-10/h6H,3-5H2,1-2H3. The van der Waals surface area contributed by atoms with Crippen molar-refractivity contribution in [3.63, 3.8) is 0 Å². The van der Waals surface area contributed by atoms with Gasteiger partial charge in [-0.2, -0.15) is 5.10 Å². The van der Waals surface area contributed by atoms with E-state index < -0.39 is 0 Å². The second kappa shape index (κ2) is 5.50. The molecule has 92 valence electrons. The average Bonchev–Trinajstić information content (AvgIpc) is 2.88. The molecule has 2 aromatic rings. The van der Waals surface area contributed by atoms with Crippen LogP contribution in [0.2, 0.25) is 0 Å². The molecule has 0 saturated carbocycles. The molecule has 0 unspecified atom stereocenters. The Kier molecular flexibility index (Phi) is 4.22. The predicted octanol–water partition coefficient (Wildman–Crippen LogP) is 3.70. The van der Waals surface area contributed by atoms with Gasteiger partial charge in [-0.15, -0.1) is 22.9 Å². The van der Waals surface area contributed by atoms with Gasteiger partial charge in [0.05, 0.1) is 26.7 Å². The van der Waals surface area contributed by atoms with Gasteiger partial charge in [0.1, 0.15) is 0 Å². The monoisotopic (exact) mass is 333 g/mol. The maximum absolute atomic E-state index is 5.73. The van der Waals surface area contributed by atoms with Crippen LogP contribution < -0.4 is 0 Å². The molecule has 6 heteroatoms. The number of nitrogens with zero attached hydrogens (tertiary/aromatic N) is 3. The van der Waals surface area contributed by atoms with Crippen LogP contribution in [0, 0.1) is 13.8 Å². The maximum Gasteiger partial charge on any atom is 0.0947 e. The van der Waals surface area contributed by atoms with Crippen LogP contribution in [0.15, 0.2) is 9.85 Å². The Balaban J connectivity index is 2.04. The van der Waals surface area contributed by atoms with Crippen LogP contribution in [0.3, 0.4) is 0 Å². The largest absolute Gasteiger partial charge is 0.268 e. The summed E-state index contributed by atoms with van der Waals surface area (Å²) in [7, 11) is 0. The van der Waals surface area contributed by atoms with Gasteiger partial charge in [-0.25, -0.2) is 4.98 Å². The van der Waals surface area contributed by atoms with Gasteiger partial charge in [0.2, 0.25) is 0 Å². The van der Waals surface area contributed by atoms with Gasteiger partial charge in [0, 0.05) is 24.0 Å². The van der Waals surface area contributed by atoms with Crippen molar-refractivity contribution in [1.29, 1.82) is 0 Å². The maximum atomic E-state index is 5.73. The van der Waals surface area contributed by atoms with E-state index >= 15 is 0 Å². The molecule has 0 N–H and O–H groups in total. The molecule has 0 spiro atoms. The second-order valence-corrected chi connectivity index (χ2v) is 5.83. The molecule has 0 amide bonds. The Labute approximate surface area is 118 Å². The van der Waals surface area contributed by atoms with E-state index in [4.69, 9.17) is 11.6 Å². The van der Waals surface area contributed by atoms with E-state index in [9.17, 15) is 0 Å². The number of aryl methyl sites for hydroxylation is 3. The third-order valence-corrected chi connectivity index (χ3v) is 4.95. The van der Waals surface area contributed by atoms with Crippen molar-refractivity contribution < 1.29 is 0 Å². The zero-order valence-electron chi connectivity index (χ0n) is 9.70. The molecule has 3 nitrogen and oxygen atoms in total. The van der Waals surface area contributed by atoms with E-state index in [0.29, 0.717) is 5.88 Å². The van der Waals surface area contributed by atoms with Crippen molar-refractivity contribution in [2.45, 2.75) is 32.7 Å². The van der Waals surface area contributed by atoms with Crippen molar-refractivity contribution >= 4 is 38.9 Å². The summed E-state index contributed by atoms with van der Waals surface area (Å²) in [6.07, 6.45) is 0.899. The molecule has 0 aliphatic rings. The van der Waals surface area contributed by atoms with Gasteiger partial charge in [0.25, 0.3) is 0 Å². The summed E-state index contributed by atoms with van der Waals surface area (Å²) in [4.78, 5) is 4.44. The minimum absolute atomic E-state index is 0.488. The third-order valence-electron chi connectivity index (χ3n) is 2.57. The van der Waals surface area contributed by atoms with Gasteiger partial charge in [-0.3, -0.25) is 4.68 Å². The van der Waals surface area contributed by atoms with Crippen LogP contribution in [0.4, 0.5) is 0 Å². The summed E-state index contributed by atoms with van der Waals surface area (Å²) in [5.74, 6) is 0.488. The molecule has 2 heterocycles. The molecule has 0 aliphatic carbocycles. The summed E-state index contributed by atoms with van der Waals surface area (Å²) in [6, 6.07) is 0. The summed E-state index contributed by atoms with van der Waals surface area (Å²) < 4.78 is 3.11. The second-order valence-electron chi connectivity index (χ2n) is 3.82. The quantitative estimate of drug-likeness (QED) is 0.798. The highest BCUT2D eigenvalue weighted by atomic mass is 79.9. The Bertz CT molecular complexity index is 521. The topological polar surface area (TPSA) is 30.7 Å². The smallest absolute Gasteiger partial charge is 0.0947 e. The fourth-order valence-corrected chi connectivity index (χ4v) is 2.92. The van der Waals surface area contributed by atoms with Crippen LogP contribution >= 0.6 is 38.9 Å². The van der Waals surface area contributed by atoms with Crippen molar-refractivity contribution in [3.05, 3.63) is 31.9 Å². The summed E-state index contributed by atoms with van der Waals surface area (Å²) in [5.41, 5.74) is 3.15. The van der Waals surface area contributed by atoms with Crippen molar-refractivity contribution in [2.75, 3.05) is 0 Å². The molecule has 0 atom stereocenters. The summed E-state index contributed by atoms with van der Waals surface area (Å²) in [5, 5.41) is 7.60. The number of hydrogen-bond acceptors (Lipinski definition) is 3. The van der Waals surface area contributed by atoms with Gasteiger partial charge in [-0.05, 0) is 29.8 Å². The van der Waals surface area contributed by atoms with Crippen LogP contribution in [-0.2, 0) is 18.8 Å². The number of thiazole rings is 1. The molecule has 0 fully saturated rings. The Morgan fingerprint density at radius 3 is 2.76 bits per heavy atom. The first-order chi connectivity index (χ1) is 8.11. The lowest BCUT2D eigenvalue weighted by Crippen LogP contribution is -2.05. The number of rotatable bonds is 4. The van der Waals surface area contributed by atoms with E-state index in [1.54, 1.807) is 11.3 Å². The zero-order valence-corrected chi connectivity index (χ0v) is 12.9. The highest BCUT2D eigenvalue weighted by molar-refractivity contribution is 9.10. The first-order valence-corrected chi connectivity index (χ1v) is 7.51. The molecular weight excluding hydrogens is 322 g/mol. The van der Waals surface area contributed by atoms with Crippen LogP contribution in [0.25, 0.3) is 0 Å². The van der Waals surface area contributed by atoms with E-state index in [0.717, 1.165) is 39.5 Å². The molecular formula is C11H13BrClN3S. The molecule has 0 saturated heterocycles. The minimum Gasteiger partial charge on any atom is -0.268 e. The Morgan fingerprint density at radius 1 is 1.47 bits per heavy atom. The van der Waals surface area contributed by atoms with Gasteiger partial charge < -0.3 is 0 Å². The highest BCUT2D eigenvalue weighted by Gasteiger charge is 2.09. The molecule has 17 heavy (non-hydrogen) atoms. The van der Waals surface area contributed by atoms with Gasteiger partial charge in [0.15, 0.2) is 0 Å². The minimum atomic E-state index is 0.488. The fourth-order valence-electron chi connectivity index (χ4n) is 1.62. The average molecular weight is 335 g/mol. The number of halogens is 2. The molecule has 0 aromatic carbocycles. The highest BCUT2D eigenvalue weighted by Crippen LogP contribution is 2.20. The normalized spacial score (nSPS) is 11.1. The molecule has 0 bridgehead atoms. The van der Waals surface area contributed by atoms with Gasteiger partial charge >= 0.3 is 0 Å². The van der Waals surface area contributed by atoms with Gasteiger partial charge in [-0.1, -0.05) is 0 Å². The van der Waals surface area contributed by atoms with Crippen molar-refractivity contribution in [3.8, 4) is 0 Å². The summed E-state index contributed by atoms with van der Waals surface area (Å²) in [6.45, 7) is 4.92. The third kappa shape index (κ3) is 2.89. The molecule has 0 radical (unpaired) electrons. The van der Waals surface area contributed by atoms with Crippen LogP contribution in [0.5, 0.6) is 0 Å². The van der Waals surface area contributed by atoms with E-state index in [-0.39, 0.29) is 0 Å². The fraction of sp³-hybridized carbons (Fsp3) is 0.455. The van der Waals surface area contributed by atoms with Crippen LogP contribution in [0.1, 0.15) is 22.1 Å². The Morgan fingerprint density at radius 2 is 2.24 bits per heavy atom. The van der Waals surface area contributed by atoms with E-state index in [2.05, 4.69) is 32.9 Å². The predicted molar refractivity (Wildman–Crippen MR) is 74.8 cm³/mol. The molecule has 2 rings (SSSR count). The first-order valence-electron chi connectivity index (χ1n) is 5.30. The number of aromatic nitrogens is 3. The Hall–Kier alpha value is -0.390. The lowest BCUT2D eigenvalue weighted by atomic mass is 10.4. The first kappa shape index (κ1) is 13.1. The van der Waals surface area contributed by atoms with E-state index in [1.165, 1.54) is 0 Å². The zero-order chi connectivity index (χ0) is 12.4. The lowest BCUT2D eigenvalue weighted by molar-refractivity contribution is 0.592.